The van der Waals surface area contributed by atoms with Gasteiger partial charge in [-0.3, -0.25) is 4.90 Å². The molecule has 1 saturated heterocycles. The summed E-state index contributed by atoms with van der Waals surface area (Å²) in [7, 11) is 0. The van der Waals surface area contributed by atoms with Crippen molar-refractivity contribution in [2.24, 2.45) is 11.7 Å². The van der Waals surface area contributed by atoms with Crippen molar-refractivity contribution in [2.75, 3.05) is 13.1 Å². The number of piperidine rings is 1. The molecule has 102 valence electrons. The van der Waals surface area contributed by atoms with Gasteiger partial charge < -0.3 is 5.73 Å². The van der Waals surface area contributed by atoms with Gasteiger partial charge in [0.25, 0.3) is 0 Å². The smallest absolute Gasteiger partial charge is 0.0590 e. The predicted molar refractivity (Wildman–Crippen MR) is 80.0 cm³/mol. The van der Waals surface area contributed by atoms with Gasteiger partial charge in [-0.2, -0.15) is 0 Å². The SMILES string of the molecule is CCC1CCCN(C(c2ccc(C)s2)C(C)N)C1. The van der Waals surface area contributed by atoms with E-state index in [-0.39, 0.29) is 6.04 Å². The number of nitrogens with two attached hydrogens (primary N) is 1. The monoisotopic (exact) mass is 266 g/mol. The Morgan fingerprint density at radius 3 is 2.83 bits per heavy atom. The molecule has 2 nitrogen and oxygen atoms in total. The summed E-state index contributed by atoms with van der Waals surface area (Å²) in [4.78, 5) is 5.45. The molecule has 18 heavy (non-hydrogen) atoms. The molecule has 0 aromatic carbocycles. The second-order valence-corrected chi connectivity index (χ2v) is 6.98. The molecule has 1 aliphatic heterocycles. The van der Waals surface area contributed by atoms with Crippen molar-refractivity contribution in [1.29, 1.82) is 0 Å². The molecule has 3 atom stereocenters. The van der Waals surface area contributed by atoms with Gasteiger partial charge in [0.2, 0.25) is 0 Å². The first kappa shape index (κ1) is 14.0. The molecule has 0 spiro atoms. The third-order valence-electron chi connectivity index (χ3n) is 4.07. The lowest BCUT2D eigenvalue weighted by Gasteiger charge is -2.39. The van der Waals surface area contributed by atoms with Gasteiger partial charge in [0, 0.05) is 22.3 Å². The highest BCUT2D eigenvalue weighted by Crippen LogP contribution is 2.33. The van der Waals surface area contributed by atoms with E-state index in [2.05, 4.69) is 37.8 Å². The summed E-state index contributed by atoms with van der Waals surface area (Å²) < 4.78 is 0. The third-order valence-corrected chi connectivity index (χ3v) is 5.14. The maximum atomic E-state index is 6.26. The maximum Gasteiger partial charge on any atom is 0.0590 e. The normalized spacial score (nSPS) is 25.0. The molecule has 3 heteroatoms. The van der Waals surface area contributed by atoms with Crippen LogP contribution in [0.15, 0.2) is 12.1 Å². The Morgan fingerprint density at radius 1 is 1.50 bits per heavy atom. The van der Waals surface area contributed by atoms with Gasteiger partial charge in [-0.1, -0.05) is 13.3 Å². The van der Waals surface area contributed by atoms with Gasteiger partial charge in [0.05, 0.1) is 6.04 Å². The molecule has 2 N–H and O–H groups in total. The highest BCUT2D eigenvalue weighted by Gasteiger charge is 2.29. The lowest BCUT2D eigenvalue weighted by atomic mass is 9.93. The number of nitrogens with zero attached hydrogens (tertiary/aromatic N) is 1. The van der Waals surface area contributed by atoms with Crippen molar-refractivity contribution in [1.82, 2.24) is 4.90 Å². The molecule has 3 unspecified atom stereocenters. The van der Waals surface area contributed by atoms with Crippen LogP contribution in [0.25, 0.3) is 0 Å². The maximum absolute atomic E-state index is 6.26. The van der Waals surface area contributed by atoms with Crippen LogP contribution in [0.3, 0.4) is 0 Å². The van der Waals surface area contributed by atoms with E-state index < -0.39 is 0 Å². The fourth-order valence-electron chi connectivity index (χ4n) is 3.07. The number of aryl methyl sites for hydroxylation is 1. The highest BCUT2D eigenvalue weighted by atomic mass is 32.1. The lowest BCUT2D eigenvalue weighted by Crippen LogP contribution is -2.44. The first-order valence-electron chi connectivity index (χ1n) is 7.17. The van der Waals surface area contributed by atoms with E-state index in [1.165, 1.54) is 42.1 Å². The van der Waals surface area contributed by atoms with E-state index in [1.54, 1.807) is 0 Å². The molecule has 2 rings (SSSR count). The second-order valence-electron chi connectivity index (χ2n) is 5.66. The van der Waals surface area contributed by atoms with E-state index in [0.29, 0.717) is 6.04 Å². The van der Waals surface area contributed by atoms with Crippen LogP contribution in [0.1, 0.15) is 48.9 Å². The Labute approximate surface area is 115 Å². The summed E-state index contributed by atoms with van der Waals surface area (Å²) >= 11 is 1.90. The summed E-state index contributed by atoms with van der Waals surface area (Å²) in [5.74, 6) is 0.862. The van der Waals surface area contributed by atoms with Crippen LogP contribution >= 0.6 is 11.3 Å². The topological polar surface area (TPSA) is 29.3 Å². The Kier molecular flexibility index (Phi) is 4.82. The molecule has 0 amide bonds. The fourth-order valence-corrected chi connectivity index (χ4v) is 4.20. The van der Waals surface area contributed by atoms with Crippen LogP contribution in [-0.4, -0.2) is 24.0 Å². The average Bonchev–Trinajstić information content (AvgIpc) is 2.75. The molecule has 0 aliphatic carbocycles. The Bertz CT molecular complexity index is 372. The largest absolute Gasteiger partial charge is 0.326 e. The molecule has 1 aliphatic rings. The van der Waals surface area contributed by atoms with E-state index >= 15 is 0 Å². The van der Waals surface area contributed by atoms with Crippen molar-refractivity contribution in [3.8, 4) is 0 Å². The van der Waals surface area contributed by atoms with E-state index in [0.717, 1.165) is 5.92 Å². The predicted octanol–water partition coefficient (Wildman–Crippen LogP) is 3.57. The molecule has 0 bridgehead atoms. The summed E-state index contributed by atoms with van der Waals surface area (Å²) in [6.45, 7) is 9.07. The van der Waals surface area contributed by atoms with Gasteiger partial charge >= 0.3 is 0 Å². The minimum atomic E-state index is 0.207. The lowest BCUT2D eigenvalue weighted by molar-refractivity contribution is 0.110. The molecule has 1 aromatic heterocycles. The summed E-state index contributed by atoms with van der Waals surface area (Å²) in [5, 5.41) is 0. The van der Waals surface area contributed by atoms with E-state index in [9.17, 15) is 0 Å². The van der Waals surface area contributed by atoms with Gasteiger partial charge in [-0.25, -0.2) is 0 Å². The zero-order chi connectivity index (χ0) is 13.1. The Morgan fingerprint density at radius 2 is 2.28 bits per heavy atom. The fraction of sp³-hybridized carbons (Fsp3) is 0.733. The van der Waals surface area contributed by atoms with E-state index in [4.69, 9.17) is 5.73 Å². The van der Waals surface area contributed by atoms with Crippen molar-refractivity contribution >= 4 is 11.3 Å². The van der Waals surface area contributed by atoms with E-state index in [1.807, 2.05) is 11.3 Å². The third kappa shape index (κ3) is 3.14. The summed E-state index contributed by atoms with van der Waals surface area (Å²) in [6, 6.07) is 5.11. The average molecular weight is 266 g/mol. The van der Waals surface area contributed by atoms with Crippen LogP contribution < -0.4 is 5.73 Å². The van der Waals surface area contributed by atoms with Crippen LogP contribution in [0.5, 0.6) is 0 Å². The number of likely N-dealkylation sites (tertiary alicyclic amines) is 1. The second kappa shape index (κ2) is 6.18. The molecule has 0 radical (unpaired) electrons. The Balaban J connectivity index is 2.14. The van der Waals surface area contributed by atoms with Crippen LogP contribution in [0.4, 0.5) is 0 Å². The quantitative estimate of drug-likeness (QED) is 0.903. The van der Waals surface area contributed by atoms with Gasteiger partial charge in [-0.15, -0.1) is 11.3 Å². The standard InChI is InChI=1S/C15H26N2S/c1-4-13-6-5-9-17(10-13)15(12(3)16)14-8-7-11(2)18-14/h7-8,12-13,15H,4-6,9-10,16H2,1-3H3. The molecule has 0 saturated carbocycles. The number of hydrogen-bond acceptors (Lipinski definition) is 3. The minimum Gasteiger partial charge on any atom is -0.326 e. The van der Waals surface area contributed by atoms with Crippen LogP contribution in [0, 0.1) is 12.8 Å². The summed E-state index contributed by atoms with van der Waals surface area (Å²) in [6.07, 6.45) is 4.01. The van der Waals surface area contributed by atoms with Crippen molar-refractivity contribution < 1.29 is 0 Å². The summed E-state index contributed by atoms with van der Waals surface area (Å²) in [5.41, 5.74) is 6.26. The number of thiophene rings is 1. The van der Waals surface area contributed by atoms with Crippen LogP contribution in [-0.2, 0) is 0 Å². The molecular formula is C15H26N2S. The van der Waals surface area contributed by atoms with Gasteiger partial charge in [0.1, 0.15) is 0 Å². The molecule has 1 fully saturated rings. The first-order valence-corrected chi connectivity index (χ1v) is 7.99. The van der Waals surface area contributed by atoms with Crippen LogP contribution in [0.2, 0.25) is 0 Å². The van der Waals surface area contributed by atoms with Gasteiger partial charge in [0.15, 0.2) is 0 Å². The van der Waals surface area contributed by atoms with Crippen molar-refractivity contribution in [3.05, 3.63) is 21.9 Å². The van der Waals surface area contributed by atoms with Gasteiger partial charge in [-0.05, 0) is 51.3 Å². The first-order chi connectivity index (χ1) is 8.61. The highest BCUT2D eigenvalue weighted by molar-refractivity contribution is 7.12. The zero-order valence-electron chi connectivity index (χ0n) is 11.9. The molecular weight excluding hydrogens is 240 g/mol. The van der Waals surface area contributed by atoms with Crippen molar-refractivity contribution in [2.45, 2.75) is 52.1 Å². The van der Waals surface area contributed by atoms with Crippen molar-refractivity contribution in [3.63, 3.8) is 0 Å². The number of rotatable bonds is 4. The zero-order valence-corrected chi connectivity index (χ0v) is 12.7. The molecule has 2 heterocycles. The Hall–Kier alpha value is -0.380. The minimum absolute atomic E-state index is 0.207. The molecule has 1 aromatic rings. The number of hydrogen-bond donors (Lipinski definition) is 1.